The van der Waals surface area contributed by atoms with Gasteiger partial charge >= 0.3 is 39.5 Å². The van der Waals surface area contributed by atoms with Gasteiger partial charge in [0.2, 0.25) is 0 Å². The van der Waals surface area contributed by atoms with Crippen LogP contribution in [0.2, 0.25) is 0 Å². The maximum atomic E-state index is 13.1. The lowest BCUT2D eigenvalue weighted by Crippen LogP contribution is -2.30. The highest BCUT2D eigenvalue weighted by molar-refractivity contribution is 7.47. The predicted molar refractivity (Wildman–Crippen MR) is 418 cm³/mol. The second-order valence-corrected chi connectivity index (χ2v) is 34.2. The Hall–Kier alpha value is -1.94. The lowest BCUT2D eigenvalue weighted by Gasteiger charge is -2.21. The summed E-state index contributed by atoms with van der Waals surface area (Å²) < 4.78 is 68.7. The van der Waals surface area contributed by atoms with Gasteiger partial charge < -0.3 is 33.8 Å². The zero-order chi connectivity index (χ0) is 75.1. The van der Waals surface area contributed by atoms with Crippen LogP contribution < -0.4 is 0 Å². The van der Waals surface area contributed by atoms with Gasteiger partial charge in [0.1, 0.15) is 19.3 Å². The van der Waals surface area contributed by atoms with Gasteiger partial charge in [0.25, 0.3) is 0 Å². The molecule has 0 fully saturated rings. The number of phosphoric acid groups is 2. The first kappa shape index (κ1) is 100. The number of hydrogen-bond donors (Lipinski definition) is 3. The van der Waals surface area contributed by atoms with E-state index in [0.29, 0.717) is 25.7 Å². The summed E-state index contributed by atoms with van der Waals surface area (Å²) in [5.74, 6) is 0.296. The molecule has 0 saturated heterocycles. The minimum Gasteiger partial charge on any atom is -0.462 e. The number of ether oxygens (including phenoxy) is 4. The maximum Gasteiger partial charge on any atom is 0.472 e. The highest BCUT2D eigenvalue weighted by Crippen LogP contribution is 2.45. The van der Waals surface area contributed by atoms with Crippen LogP contribution in [0, 0.1) is 17.8 Å². The Morgan fingerprint density at radius 1 is 0.265 bits per heavy atom. The van der Waals surface area contributed by atoms with Crippen LogP contribution in [0.25, 0.3) is 0 Å². The molecule has 0 saturated carbocycles. The van der Waals surface area contributed by atoms with E-state index in [1.54, 1.807) is 0 Å². The molecule has 0 aliphatic rings. The molecule has 5 atom stereocenters. The van der Waals surface area contributed by atoms with Gasteiger partial charge in [-0.3, -0.25) is 37.3 Å². The summed E-state index contributed by atoms with van der Waals surface area (Å²) >= 11 is 0. The molecule has 0 amide bonds. The van der Waals surface area contributed by atoms with Crippen molar-refractivity contribution in [2.24, 2.45) is 17.8 Å². The Kier molecular flexibility index (Phi) is 71.8. The molecular weight excluding hydrogens is 1330 g/mol. The highest BCUT2D eigenvalue weighted by atomic mass is 31.2. The topological polar surface area (TPSA) is 237 Å². The third kappa shape index (κ3) is 76.3. The van der Waals surface area contributed by atoms with Crippen LogP contribution in [-0.4, -0.2) is 96.7 Å². The van der Waals surface area contributed by atoms with Gasteiger partial charge in [-0.15, -0.1) is 0 Å². The molecule has 0 rings (SSSR count). The Labute approximate surface area is 626 Å². The molecule has 102 heavy (non-hydrogen) atoms. The molecule has 0 aromatic carbocycles. The average Bonchev–Trinajstić information content (AvgIpc) is 0.916. The molecule has 19 heteroatoms. The number of carbonyl (C=O) groups is 4. The summed E-state index contributed by atoms with van der Waals surface area (Å²) in [6.45, 7) is 12.0. The van der Waals surface area contributed by atoms with Crippen molar-refractivity contribution in [2.45, 2.75) is 452 Å². The Morgan fingerprint density at radius 2 is 0.451 bits per heavy atom. The standard InChI is InChI=1S/C83H162O17P2/c1-8-9-10-11-12-43-50-57-64-80(85)93-70-78(99-82(87)67-60-53-46-39-33-27-21-24-30-36-42-49-56-63-76(6)7)72-97-101(89,90)95-68-77(84)69-96-102(91,92)98-73-79(71-94-81(86)65-58-51-44-37-31-25-20-19-23-29-35-41-48-55-62-75(4)5)100-83(88)66-59-52-45-38-32-26-18-16-14-13-15-17-22-28-34-40-47-54-61-74(2)3/h74-79,84H,8-73H2,1-7H3,(H,89,90)(H,91,92)/t77-,78+,79+/m0/s1. The van der Waals surface area contributed by atoms with E-state index in [2.05, 4.69) is 48.5 Å². The van der Waals surface area contributed by atoms with E-state index in [9.17, 15) is 43.2 Å². The lowest BCUT2D eigenvalue weighted by molar-refractivity contribution is -0.161. The minimum absolute atomic E-state index is 0.107. The molecular formula is C83H162O17P2. The zero-order valence-corrected chi connectivity index (χ0v) is 68.9. The number of carbonyl (C=O) groups excluding carboxylic acids is 4. The monoisotopic (exact) mass is 1490 g/mol. The van der Waals surface area contributed by atoms with Crippen molar-refractivity contribution >= 4 is 39.5 Å². The van der Waals surface area contributed by atoms with E-state index in [0.717, 1.165) is 114 Å². The molecule has 17 nitrogen and oxygen atoms in total. The van der Waals surface area contributed by atoms with E-state index in [1.807, 2.05) is 0 Å². The number of aliphatic hydroxyl groups is 1. The molecule has 3 N–H and O–H groups in total. The Balaban J connectivity index is 5.19. The smallest absolute Gasteiger partial charge is 0.462 e. The van der Waals surface area contributed by atoms with Gasteiger partial charge in [-0.1, -0.05) is 382 Å². The van der Waals surface area contributed by atoms with Crippen LogP contribution in [-0.2, 0) is 65.4 Å². The van der Waals surface area contributed by atoms with Gasteiger partial charge in [-0.05, 0) is 43.4 Å². The largest absolute Gasteiger partial charge is 0.472 e. The second-order valence-electron chi connectivity index (χ2n) is 31.3. The summed E-state index contributed by atoms with van der Waals surface area (Å²) in [5, 5.41) is 10.6. The van der Waals surface area contributed by atoms with Crippen LogP contribution in [0.15, 0.2) is 0 Å². The fourth-order valence-electron chi connectivity index (χ4n) is 12.8. The first-order chi connectivity index (χ1) is 49.2. The van der Waals surface area contributed by atoms with Gasteiger partial charge in [0, 0.05) is 25.7 Å². The van der Waals surface area contributed by atoms with E-state index < -0.39 is 97.5 Å². The third-order valence-electron chi connectivity index (χ3n) is 19.4. The summed E-state index contributed by atoms with van der Waals surface area (Å²) in [6, 6.07) is 0. The van der Waals surface area contributed by atoms with Crippen LogP contribution in [0.5, 0.6) is 0 Å². The molecule has 0 aromatic rings. The van der Waals surface area contributed by atoms with E-state index in [1.165, 1.54) is 238 Å². The fourth-order valence-corrected chi connectivity index (χ4v) is 14.4. The molecule has 606 valence electrons. The van der Waals surface area contributed by atoms with Crippen molar-refractivity contribution in [3.63, 3.8) is 0 Å². The van der Waals surface area contributed by atoms with Gasteiger partial charge in [0.05, 0.1) is 26.4 Å². The maximum absolute atomic E-state index is 13.1. The van der Waals surface area contributed by atoms with Crippen molar-refractivity contribution in [1.29, 1.82) is 0 Å². The van der Waals surface area contributed by atoms with Crippen molar-refractivity contribution in [3.05, 3.63) is 0 Å². The second kappa shape index (κ2) is 73.2. The van der Waals surface area contributed by atoms with Gasteiger partial charge in [0.15, 0.2) is 12.2 Å². The number of rotatable bonds is 81. The summed E-state index contributed by atoms with van der Waals surface area (Å²) in [7, 11) is -9.92. The van der Waals surface area contributed by atoms with Crippen molar-refractivity contribution in [1.82, 2.24) is 0 Å². The summed E-state index contributed by atoms with van der Waals surface area (Å²) in [4.78, 5) is 73.0. The quantitative estimate of drug-likeness (QED) is 0.0222. The molecule has 0 aliphatic carbocycles. The fraction of sp³-hybridized carbons (Fsp3) is 0.952. The van der Waals surface area contributed by atoms with Crippen molar-refractivity contribution in [3.8, 4) is 0 Å². The van der Waals surface area contributed by atoms with Crippen molar-refractivity contribution in [2.75, 3.05) is 39.6 Å². The van der Waals surface area contributed by atoms with Crippen LogP contribution in [0.4, 0.5) is 0 Å². The number of aliphatic hydroxyl groups excluding tert-OH is 1. The summed E-state index contributed by atoms with van der Waals surface area (Å²) in [6.07, 6.45) is 62.5. The zero-order valence-electron chi connectivity index (χ0n) is 67.1. The minimum atomic E-state index is -4.96. The lowest BCUT2D eigenvalue weighted by atomic mass is 10.0. The van der Waals surface area contributed by atoms with Crippen molar-refractivity contribution < 1.29 is 80.2 Å². The number of phosphoric ester groups is 2. The predicted octanol–water partition coefficient (Wildman–Crippen LogP) is 24.9. The average molecular weight is 1490 g/mol. The first-order valence-electron chi connectivity index (χ1n) is 42.8. The van der Waals surface area contributed by atoms with Crippen LogP contribution in [0.3, 0.4) is 0 Å². The van der Waals surface area contributed by atoms with E-state index >= 15 is 0 Å². The number of hydrogen-bond acceptors (Lipinski definition) is 15. The highest BCUT2D eigenvalue weighted by Gasteiger charge is 2.30. The van der Waals surface area contributed by atoms with Crippen LogP contribution in [0.1, 0.15) is 434 Å². The molecule has 0 radical (unpaired) electrons. The van der Waals surface area contributed by atoms with E-state index in [4.69, 9.17) is 37.0 Å². The SMILES string of the molecule is CCCCCCCCCCC(=O)OC[C@H](COP(=O)(O)OC[C@H](O)COP(=O)(O)OC[C@@H](COC(=O)CCCCCCCCCCCCCCCCC(C)C)OC(=O)CCCCCCCCCCCCCCCCCCCCC(C)C)OC(=O)CCCCCCCCCCCCCCCC(C)C. The first-order valence-corrected chi connectivity index (χ1v) is 45.8. The molecule has 0 spiro atoms. The molecule has 0 aromatic heterocycles. The summed E-state index contributed by atoms with van der Waals surface area (Å²) in [5.41, 5.74) is 0. The van der Waals surface area contributed by atoms with Gasteiger partial charge in [-0.2, -0.15) is 0 Å². The van der Waals surface area contributed by atoms with Gasteiger partial charge in [-0.25, -0.2) is 9.13 Å². The van der Waals surface area contributed by atoms with Crippen LogP contribution >= 0.6 is 15.6 Å². The Bertz CT molecular complexity index is 1970. The molecule has 2 unspecified atom stereocenters. The number of esters is 4. The number of unbranched alkanes of at least 4 members (excludes halogenated alkanes) is 49. The van der Waals surface area contributed by atoms with E-state index in [-0.39, 0.29) is 25.7 Å². The Morgan fingerprint density at radius 3 is 0.667 bits per heavy atom. The third-order valence-corrected chi connectivity index (χ3v) is 21.3. The molecule has 0 heterocycles. The normalized spacial score (nSPS) is 13.9. The molecule has 0 bridgehead atoms. The molecule has 0 aliphatic heterocycles.